The lowest BCUT2D eigenvalue weighted by Gasteiger charge is -2.48. The van der Waals surface area contributed by atoms with Crippen LogP contribution >= 0.6 is 35.7 Å². The van der Waals surface area contributed by atoms with Gasteiger partial charge in [0.25, 0.3) is 0 Å². The van der Waals surface area contributed by atoms with Crippen LogP contribution in [0.3, 0.4) is 0 Å². The van der Waals surface area contributed by atoms with E-state index in [1.807, 2.05) is 7.05 Å². The molecular weight excluding hydrogens is 475 g/mol. The van der Waals surface area contributed by atoms with Crippen molar-refractivity contribution in [1.29, 1.82) is 0 Å². The van der Waals surface area contributed by atoms with E-state index in [4.69, 9.17) is 9.47 Å². The van der Waals surface area contributed by atoms with Crippen LogP contribution in [0.4, 0.5) is 0 Å². The Kier molecular flexibility index (Phi) is 10.5. The molecule has 1 atom stereocenters. The molecule has 0 amide bonds. The highest BCUT2D eigenvalue weighted by Gasteiger charge is 2.39. The predicted molar refractivity (Wildman–Crippen MR) is 125 cm³/mol. The van der Waals surface area contributed by atoms with Crippen LogP contribution in [0.15, 0.2) is 4.99 Å². The lowest BCUT2D eigenvalue weighted by Crippen LogP contribution is -2.61. The molecule has 0 spiro atoms. The average molecular weight is 513 g/mol. The normalized spacial score (nSPS) is 27.1. The molecule has 27 heavy (non-hydrogen) atoms. The first kappa shape index (κ1) is 23.5. The quantitative estimate of drug-likeness (QED) is 0.347. The van der Waals surface area contributed by atoms with Gasteiger partial charge in [-0.2, -0.15) is 11.8 Å². The Morgan fingerprint density at radius 1 is 1.22 bits per heavy atom. The second kappa shape index (κ2) is 12.0. The number of methoxy groups -OCH3 is 1. The molecule has 0 aromatic carbocycles. The number of nitrogens with one attached hydrogen (secondary N) is 1. The van der Waals surface area contributed by atoms with Crippen LogP contribution in [0.2, 0.25) is 0 Å². The summed E-state index contributed by atoms with van der Waals surface area (Å²) < 4.78 is 11.1. The number of hydrogen-bond donors (Lipinski definition) is 1. The Balaban J connectivity index is 0.00000261. The molecule has 1 unspecified atom stereocenters. The smallest absolute Gasteiger partial charge is 0.193 e. The van der Waals surface area contributed by atoms with Crippen LogP contribution < -0.4 is 5.32 Å². The number of rotatable bonds is 5. The molecule has 3 rings (SSSR count). The van der Waals surface area contributed by atoms with Gasteiger partial charge in [-0.15, -0.1) is 24.0 Å². The van der Waals surface area contributed by atoms with Gasteiger partial charge in [0.1, 0.15) is 0 Å². The molecule has 2 heterocycles. The maximum absolute atomic E-state index is 5.79. The summed E-state index contributed by atoms with van der Waals surface area (Å²) in [7, 11) is 3.63. The van der Waals surface area contributed by atoms with Gasteiger partial charge in [0.15, 0.2) is 5.96 Å². The highest BCUT2D eigenvalue weighted by Crippen LogP contribution is 2.34. The van der Waals surface area contributed by atoms with Gasteiger partial charge in [0.2, 0.25) is 0 Å². The molecule has 1 aliphatic carbocycles. The first-order valence-electron chi connectivity index (χ1n) is 10.2. The average Bonchev–Trinajstić information content (AvgIpc) is 2.70. The van der Waals surface area contributed by atoms with Crippen LogP contribution in [0.1, 0.15) is 32.1 Å². The van der Waals surface area contributed by atoms with Gasteiger partial charge in [-0.3, -0.25) is 9.89 Å². The second-order valence-electron chi connectivity index (χ2n) is 7.68. The van der Waals surface area contributed by atoms with Gasteiger partial charge in [0.05, 0.1) is 19.3 Å². The lowest BCUT2D eigenvalue weighted by molar-refractivity contribution is -0.0449. The van der Waals surface area contributed by atoms with Crippen molar-refractivity contribution in [1.82, 2.24) is 15.1 Å². The summed E-state index contributed by atoms with van der Waals surface area (Å²) in [5.74, 6) is 3.57. The summed E-state index contributed by atoms with van der Waals surface area (Å²) in [5, 5.41) is 3.74. The lowest BCUT2D eigenvalue weighted by atomic mass is 9.80. The maximum Gasteiger partial charge on any atom is 0.193 e. The van der Waals surface area contributed by atoms with Crippen LogP contribution in [0.25, 0.3) is 0 Å². The number of hydrogen-bond acceptors (Lipinski definition) is 5. The van der Waals surface area contributed by atoms with Crippen LogP contribution in [0.5, 0.6) is 0 Å². The molecule has 0 radical (unpaired) electrons. The Morgan fingerprint density at radius 2 is 1.96 bits per heavy atom. The third-order valence-electron chi connectivity index (χ3n) is 6.04. The number of halogens is 1. The largest absolute Gasteiger partial charge is 0.382 e. The summed E-state index contributed by atoms with van der Waals surface area (Å²) in [6.45, 7) is 6.60. The number of aliphatic imine (C=N–C) groups is 1. The van der Waals surface area contributed by atoms with E-state index in [1.165, 1.54) is 56.7 Å². The minimum atomic E-state index is 0. The molecule has 1 saturated carbocycles. The molecule has 3 fully saturated rings. The Labute approximate surface area is 186 Å². The van der Waals surface area contributed by atoms with Crippen molar-refractivity contribution in [3.8, 4) is 0 Å². The van der Waals surface area contributed by atoms with Gasteiger partial charge < -0.3 is 19.7 Å². The zero-order chi connectivity index (χ0) is 18.2. The fourth-order valence-corrected chi connectivity index (χ4v) is 5.53. The van der Waals surface area contributed by atoms with Crippen LogP contribution in [-0.4, -0.2) is 99.0 Å². The molecule has 0 aromatic heterocycles. The van der Waals surface area contributed by atoms with Crippen LogP contribution in [-0.2, 0) is 9.47 Å². The molecule has 8 heteroatoms. The second-order valence-corrected chi connectivity index (χ2v) is 8.90. The highest BCUT2D eigenvalue weighted by molar-refractivity contribution is 14.0. The zero-order valence-corrected chi connectivity index (χ0v) is 20.1. The van der Waals surface area contributed by atoms with Crippen LogP contribution in [0, 0.1) is 0 Å². The van der Waals surface area contributed by atoms with Gasteiger partial charge in [-0.25, -0.2) is 0 Å². The Bertz CT molecular complexity index is 455. The minimum Gasteiger partial charge on any atom is -0.382 e. The molecule has 2 aliphatic heterocycles. The Hall–Kier alpha value is 0.230. The number of nitrogens with zero attached hydrogens (tertiary/aromatic N) is 3. The van der Waals surface area contributed by atoms with Crippen molar-refractivity contribution in [3.63, 3.8) is 0 Å². The van der Waals surface area contributed by atoms with E-state index in [2.05, 4.69) is 31.9 Å². The van der Waals surface area contributed by atoms with Crippen molar-refractivity contribution in [3.05, 3.63) is 0 Å². The van der Waals surface area contributed by atoms with Crippen molar-refractivity contribution >= 4 is 41.7 Å². The SMILES string of the molecule is CN=C(NCC1(N2CCSCC2)CCCCC1)N1CCOC(COC)C1.I. The van der Waals surface area contributed by atoms with Crippen molar-refractivity contribution in [2.45, 2.75) is 43.7 Å². The van der Waals surface area contributed by atoms with Crippen molar-refractivity contribution in [2.24, 2.45) is 4.99 Å². The van der Waals surface area contributed by atoms with Crippen molar-refractivity contribution in [2.75, 3.05) is 71.6 Å². The zero-order valence-electron chi connectivity index (χ0n) is 17.0. The Morgan fingerprint density at radius 3 is 2.63 bits per heavy atom. The third kappa shape index (κ3) is 6.35. The minimum absolute atomic E-state index is 0. The van der Waals surface area contributed by atoms with Gasteiger partial charge in [0, 0.05) is 63.9 Å². The highest BCUT2D eigenvalue weighted by atomic mass is 127. The molecular formula is C19H37IN4O2S. The monoisotopic (exact) mass is 512 g/mol. The molecule has 0 bridgehead atoms. The van der Waals surface area contributed by atoms with E-state index in [9.17, 15) is 0 Å². The maximum atomic E-state index is 5.79. The van der Waals surface area contributed by atoms with E-state index < -0.39 is 0 Å². The van der Waals surface area contributed by atoms with E-state index in [0.717, 1.165) is 32.2 Å². The topological polar surface area (TPSA) is 49.3 Å². The molecule has 1 N–H and O–H groups in total. The molecule has 2 saturated heterocycles. The number of thioether (sulfide) groups is 1. The predicted octanol–water partition coefficient (Wildman–Crippen LogP) is 2.28. The van der Waals surface area contributed by atoms with E-state index in [1.54, 1.807) is 7.11 Å². The summed E-state index contributed by atoms with van der Waals surface area (Å²) in [6, 6.07) is 0. The van der Waals surface area contributed by atoms with E-state index in [-0.39, 0.29) is 30.1 Å². The summed E-state index contributed by atoms with van der Waals surface area (Å²) in [4.78, 5) is 9.68. The fourth-order valence-electron chi connectivity index (χ4n) is 4.63. The molecule has 6 nitrogen and oxygen atoms in total. The molecule has 0 aromatic rings. The standard InChI is InChI=1S/C19H36N4O2S.HI/c1-20-18(22-8-11-25-17(14-22)15-24-2)21-16-19(6-4-3-5-7-19)23-9-12-26-13-10-23;/h17H,3-16H2,1-2H3,(H,20,21);1H. The van der Waals surface area contributed by atoms with Crippen molar-refractivity contribution < 1.29 is 9.47 Å². The number of ether oxygens (including phenoxy) is 2. The number of morpholine rings is 1. The molecule has 3 aliphatic rings. The van der Waals surface area contributed by atoms with Gasteiger partial charge >= 0.3 is 0 Å². The third-order valence-corrected chi connectivity index (χ3v) is 6.99. The summed E-state index contributed by atoms with van der Waals surface area (Å²) in [6.07, 6.45) is 6.87. The first-order valence-corrected chi connectivity index (χ1v) is 11.3. The first-order chi connectivity index (χ1) is 12.8. The summed E-state index contributed by atoms with van der Waals surface area (Å²) >= 11 is 2.10. The summed E-state index contributed by atoms with van der Waals surface area (Å²) in [5.41, 5.74) is 0.313. The number of guanidine groups is 1. The molecule has 158 valence electrons. The van der Waals surface area contributed by atoms with E-state index in [0.29, 0.717) is 12.1 Å². The van der Waals surface area contributed by atoms with Gasteiger partial charge in [-0.05, 0) is 12.8 Å². The van der Waals surface area contributed by atoms with Gasteiger partial charge in [-0.1, -0.05) is 19.3 Å². The fraction of sp³-hybridized carbons (Fsp3) is 0.947. The van der Waals surface area contributed by atoms with E-state index >= 15 is 0 Å².